The van der Waals surface area contributed by atoms with Gasteiger partial charge in [0, 0.05) is 18.3 Å². The molecule has 7 heteroatoms. The van der Waals surface area contributed by atoms with Crippen molar-refractivity contribution in [2.45, 2.75) is 18.9 Å². The fourth-order valence-electron chi connectivity index (χ4n) is 4.42. The fourth-order valence-corrected chi connectivity index (χ4v) is 4.42. The number of oxazole rings is 1. The van der Waals surface area contributed by atoms with E-state index in [0.29, 0.717) is 28.3 Å². The molecule has 0 saturated heterocycles. The number of amides is 1. The highest BCUT2D eigenvalue weighted by molar-refractivity contribution is 6.14. The Morgan fingerprint density at radius 2 is 1.87 bits per heavy atom. The third kappa shape index (κ3) is 2.23. The van der Waals surface area contributed by atoms with E-state index in [0.717, 1.165) is 5.56 Å². The molecule has 2 heterocycles. The fraction of sp³-hybridized carbons (Fsp3) is 0.174. The van der Waals surface area contributed by atoms with Crippen LogP contribution in [0, 0.1) is 0 Å². The summed E-state index contributed by atoms with van der Waals surface area (Å²) < 4.78 is 11.3. The van der Waals surface area contributed by atoms with E-state index in [1.54, 1.807) is 14.0 Å². The Hall–Kier alpha value is -3.87. The number of nitrogen functional groups attached to an aromatic ring is 1. The molecule has 5 rings (SSSR count). The first kappa shape index (κ1) is 18.2. The Bertz CT molecular complexity index is 1230. The summed E-state index contributed by atoms with van der Waals surface area (Å²) in [7, 11) is 1.64. The van der Waals surface area contributed by atoms with Crippen molar-refractivity contribution in [3.05, 3.63) is 82.7 Å². The zero-order valence-corrected chi connectivity index (χ0v) is 16.5. The molecule has 2 aromatic carbocycles. The Balaban J connectivity index is 1.67. The molecule has 2 N–H and O–H groups in total. The van der Waals surface area contributed by atoms with Crippen LogP contribution >= 0.6 is 0 Å². The van der Waals surface area contributed by atoms with E-state index in [-0.39, 0.29) is 24.1 Å². The first-order valence-electron chi connectivity index (χ1n) is 9.53. The van der Waals surface area contributed by atoms with Gasteiger partial charge in [0.15, 0.2) is 11.2 Å². The molecule has 1 aliphatic carbocycles. The third-order valence-electron chi connectivity index (χ3n) is 5.86. The molecule has 0 saturated carbocycles. The Labute approximate surface area is 172 Å². The van der Waals surface area contributed by atoms with Gasteiger partial charge in [-0.1, -0.05) is 54.6 Å². The van der Waals surface area contributed by atoms with Crippen molar-refractivity contribution in [1.29, 1.82) is 0 Å². The average molecular weight is 401 g/mol. The summed E-state index contributed by atoms with van der Waals surface area (Å²) in [5, 5.41) is 0. The van der Waals surface area contributed by atoms with Crippen LogP contribution in [0.3, 0.4) is 0 Å². The standard InChI is InChI=1S/C23H19N3O4/c1-13-17(20(27)29-12-14-8-4-3-5-9-14)23(21(28)26(13)2)16-11-7-6-10-15(16)18-19(23)25-22(24)30-18/h3-11H,12H2,1-2H3,(H2,24,25)/t23-/m1/s1. The largest absolute Gasteiger partial charge is 0.457 e. The van der Waals surface area contributed by atoms with Crippen molar-refractivity contribution in [1.82, 2.24) is 9.88 Å². The molecule has 1 amide bonds. The molecule has 1 aromatic heterocycles. The van der Waals surface area contributed by atoms with Crippen LogP contribution in [0.2, 0.25) is 0 Å². The quantitative estimate of drug-likeness (QED) is 0.678. The first-order valence-corrected chi connectivity index (χ1v) is 9.53. The number of benzene rings is 2. The predicted molar refractivity (Wildman–Crippen MR) is 109 cm³/mol. The number of allylic oxidation sites excluding steroid dienone is 1. The van der Waals surface area contributed by atoms with E-state index < -0.39 is 11.4 Å². The number of nitrogens with two attached hydrogens (primary N) is 1. The van der Waals surface area contributed by atoms with Crippen molar-refractivity contribution < 1.29 is 18.7 Å². The van der Waals surface area contributed by atoms with Gasteiger partial charge in [0.05, 0.1) is 5.57 Å². The van der Waals surface area contributed by atoms with Gasteiger partial charge in [-0.15, -0.1) is 0 Å². The molecule has 30 heavy (non-hydrogen) atoms. The van der Waals surface area contributed by atoms with Crippen molar-refractivity contribution in [3.8, 4) is 11.3 Å². The van der Waals surface area contributed by atoms with Crippen LogP contribution in [0.25, 0.3) is 11.3 Å². The number of esters is 1. The number of nitrogens with zero attached hydrogens (tertiary/aromatic N) is 2. The van der Waals surface area contributed by atoms with Crippen LogP contribution in [-0.2, 0) is 26.3 Å². The molecule has 1 aliphatic heterocycles. The monoisotopic (exact) mass is 401 g/mol. The molecular weight excluding hydrogens is 382 g/mol. The molecule has 0 fully saturated rings. The van der Waals surface area contributed by atoms with E-state index in [1.165, 1.54) is 4.90 Å². The molecule has 1 spiro atoms. The number of likely N-dealkylation sites (N-methyl/N-ethyl adjacent to an activating group) is 1. The van der Waals surface area contributed by atoms with Gasteiger partial charge < -0.3 is 19.8 Å². The molecule has 0 unspecified atom stereocenters. The Morgan fingerprint density at radius 1 is 1.17 bits per heavy atom. The predicted octanol–water partition coefficient (Wildman–Crippen LogP) is 3.01. The van der Waals surface area contributed by atoms with Gasteiger partial charge in [-0.05, 0) is 18.1 Å². The van der Waals surface area contributed by atoms with E-state index in [4.69, 9.17) is 14.9 Å². The second-order valence-electron chi connectivity index (χ2n) is 7.41. The lowest BCUT2D eigenvalue weighted by atomic mass is 9.74. The summed E-state index contributed by atoms with van der Waals surface area (Å²) in [5.74, 6) is -0.447. The summed E-state index contributed by atoms with van der Waals surface area (Å²) in [5.41, 5.74) is 7.69. The Morgan fingerprint density at radius 3 is 2.63 bits per heavy atom. The molecule has 2 aliphatic rings. The maximum atomic E-state index is 13.6. The van der Waals surface area contributed by atoms with Crippen LogP contribution in [0.5, 0.6) is 0 Å². The number of fused-ring (bicyclic) bond motifs is 5. The zero-order valence-electron chi connectivity index (χ0n) is 16.5. The molecular formula is C23H19N3O4. The maximum Gasteiger partial charge on any atom is 0.337 e. The van der Waals surface area contributed by atoms with Crippen molar-refractivity contribution in [2.75, 3.05) is 12.8 Å². The number of aromatic nitrogens is 1. The minimum atomic E-state index is -1.43. The summed E-state index contributed by atoms with van der Waals surface area (Å²) >= 11 is 0. The summed E-state index contributed by atoms with van der Waals surface area (Å²) in [6, 6.07) is 16.7. The summed E-state index contributed by atoms with van der Waals surface area (Å²) in [6.45, 7) is 1.83. The smallest absolute Gasteiger partial charge is 0.337 e. The van der Waals surface area contributed by atoms with Crippen molar-refractivity contribution in [2.24, 2.45) is 0 Å². The molecule has 0 bridgehead atoms. The van der Waals surface area contributed by atoms with Gasteiger partial charge in [0.2, 0.25) is 5.91 Å². The van der Waals surface area contributed by atoms with Crippen LogP contribution in [-0.4, -0.2) is 28.8 Å². The number of ether oxygens (including phenoxy) is 1. The molecule has 0 radical (unpaired) electrons. The number of carbonyl (C=O) groups excluding carboxylic acids is 2. The van der Waals surface area contributed by atoms with Gasteiger partial charge >= 0.3 is 5.97 Å². The first-order chi connectivity index (χ1) is 14.5. The van der Waals surface area contributed by atoms with Crippen LogP contribution in [0.4, 0.5) is 6.01 Å². The summed E-state index contributed by atoms with van der Waals surface area (Å²) in [6.07, 6.45) is 0. The van der Waals surface area contributed by atoms with Crippen LogP contribution in [0.1, 0.15) is 23.7 Å². The van der Waals surface area contributed by atoms with E-state index in [2.05, 4.69) is 4.98 Å². The van der Waals surface area contributed by atoms with E-state index >= 15 is 0 Å². The minimum absolute atomic E-state index is 0.0501. The molecule has 150 valence electrons. The number of hydrogen-bond acceptors (Lipinski definition) is 6. The molecule has 3 aromatic rings. The normalized spacial score (nSPS) is 19.4. The lowest BCUT2D eigenvalue weighted by Gasteiger charge is -2.25. The molecule has 1 atom stereocenters. The van der Waals surface area contributed by atoms with Crippen LogP contribution < -0.4 is 5.73 Å². The number of anilines is 1. The highest BCUT2D eigenvalue weighted by Crippen LogP contribution is 2.57. The van der Waals surface area contributed by atoms with Gasteiger partial charge in [0.25, 0.3) is 6.01 Å². The number of rotatable bonds is 3. The van der Waals surface area contributed by atoms with Crippen molar-refractivity contribution in [3.63, 3.8) is 0 Å². The van der Waals surface area contributed by atoms with E-state index in [9.17, 15) is 9.59 Å². The minimum Gasteiger partial charge on any atom is -0.457 e. The number of hydrogen-bond donors (Lipinski definition) is 1. The highest BCUT2D eigenvalue weighted by atomic mass is 16.5. The second-order valence-corrected chi connectivity index (χ2v) is 7.41. The molecule has 7 nitrogen and oxygen atoms in total. The van der Waals surface area contributed by atoms with Gasteiger partial charge in [-0.2, -0.15) is 4.98 Å². The zero-order chi connectivity index (χ0) is 21.0. The lowest BCUT2D eigenvalue weighted by molar-refractivity contribution is -0.142. The Kier molecular flexibility index (Phi) is 3.83. The third-order valence-corrected chi connectivity index (χ3v) is 5.86. The maximum absolute atomic E-state index is 13.6. The van der Waals surface area contributed by atoms with Crippen molar-refractivity contribution >= 4 is 17.9 Å². The highest BCUT2D eigenvalue weighted by Gasteiger charge is 2.63. The topological polar surface area (TPSA) is 98.7 Å². The number of carbonyl (C=O) groups is 2. The van der Waals surface area contributed by atoms with E-state index in [1.807, 2.05) is 54.6 Å². The second kappa shape index (κ2) is 6.32. The average Bonchev–Trinajstić information content (AvgIpc) is 3.33. The van der Waals surface area contributed by atoms with Crippen LogP contribution in [0.15, 0.2) is 70.3 Å². The lowest BCUT2D eigenvalue weighted by Crippen LogP contribution is -2.41. The van der Waals surface area contributed by atoms with Gasteiger partial charge in [0.1, 0.15) is 12.3 Å². The van der Waals surface area contributed by atoms with Gasteiger partial charge in [-0.3, -0.25) is 4.79 Å². The van der Waals surface area contributed by atoms with Gasteiger partial charge in [-0.25, -0.2) is 4.79 Å². The SMILES string of the molecule is CC1=C(C(=O)OCc2ccccc2)[C@]2(C(=O)N1C)c1ccccc1-c1oc(N)nc12. The summed E-state index contributed by atoms with van der Waals surface area (Å²) in [4.78, 5) is 32.8.